The van der Waals surface area contributed by atoms with Gasteiger partial charge in [0.1, 0.15) is 0 Å². The summed E-state index contributed by atoms with van der Waals surface area (Å²) < 4.78 is 0. The molecule has 16 heavy (non-hydrogen) atoms. The van der Waals surface area contributed by atoms with Crippen molar-refractivity contribution < 1.29 is 4.79 Å². The third kappa shape index (κ3) is 3.49. The summed E-state index contributed by atoms with van der Waals surface area (Å²) in [7, 11) is 0. The van der Waals surface area contributed by atoms with Crippen molar-refractivity contribution in [2.75, 3.05) is 19.6 Å². The van der Waals surface area contributed by atoms with E-state index in [0.717, 1.165) is 19.4 Å². The fraction of sp³-hybridized carbons (Fsp3) is 0.833. The zero-order valence-corrected chi connectivity index (χ0v) is 10.2. The lowest BCUT2D eigenvalue weighted by molar-refractivity contribution is -0.136. The minimum atomic E-state index is 0.148. The molecular weight excluding hydrogens is 202 g/mol. The maximum Gasteiger partial charge on any atom is 0.225 e. The molecule has 1 fully saturated rings. The van der Waals surface area contributed by atoms with Crippen LogP contribution in [0.2, 0.25) is 0 Å². The molecule has 1 amide bonds. The zero-order chi connectivity index (χ0) is 12.0. The van der Waals surface area contributed by atoms with Crippen LogP contribution in [0.4, 0.5) is 0 Å². The number of carbonyl (C=O) groups excluding carboxylic acids is 1. The predicted molar refractivity (Wildman–Crippen MR) is 62.7 cm³/mol. The Morgan fingerprint density at radius 1 is 1.62 bits per heavy atom. The normalized spacial score (nSPS) is 24.8. The summed E-state index contributed by atoms with van der Waals surface area (Å²) in [4.78, 5) is 14.0. The van der Waals surface area contributed by atoms with Gasteiger partial charge >= 0.3 is 0 Å². The van der Waals surface area contributed by atoms with Crippen molar-refractivity contribution in [2.45, 2.75) is 39.2 Å². The summed E-state index contributed by atoms with van der Waals surface area (Å²) >= 11 is 0. The Labute approximate surface area is 97.6 Å². The van der Waals surface area contributed by atoms with Gasteiger partial charge < -0.3 is 10.2 Å². The van der Waals surface area contributed by atoms with Crippen LogP contribution in [-0.2, 0) is 4.79 Å². The first-order chi connectivity index (χ1) is 7.69. The van der Waals surface area contributed by atoms with E-state index in [4.69, 9.17) is 5.26 Å². The van der Waals surface area contributed by atoms with Crippen LogP contribution in [0, 0.1) is 17.2 Å². The van der Waals surface area contributed by atoms with Crippen LogP contribution in [0.25, 0.3) is 0 Å². The number of rotatable bonds is 4. The maximum atomic E-state index is 12.2. The Kier molecular flexibility index (Phi) is 5.27. The molecule has 0 radical (unpaired) electrons. The zero-order valence-electron chi connectivity index (χ0n) is 10.2. The van der Waals surface area contributed by atoms with Crippen molar-refractivity contribution in [2.24, 2.45) is 5.92 Å². The van der Waals surface area contributed by atoms with E-state index in [1.54, 1.807) is 0 Å². The van der Waals surface area contributed by atoms with Gasteiger partial charge in [-0.25, -0.2) is 0 Å². The number of hydrogen-bond acceptors (Lipinski definition) is 3. The van der Waals surface area contributed by atoms with E-state index in [9.17, 15) is 4.79 Å². The number of amides is 1. The molecule has 1 N–H and O–H groups in total. The smallest absolute Gasteiger partial charge is 0.225 e. The molecule has 1 rings (SSSR count). The first-order valence-electron chi connectivity index (χ1n) is 6.08. The van der Waals surface area contributed by atoms with Gasteiger partial charge in [0.15, 0.2) is 0 Å². The van der Waals surface area contributed by atoms with E-state index in [1.165, 1.54) is 0 Å². The highest BCUT2D eigenvalue weighted by molar-refractivity contribution is 5.79. The second kappa shape index (κ2) is 6.49. The monoisotopic (exact) mass is 223 g/mol. The molecule has 1 aliphatic heterocycles. The van der Waals surface area contributed by atoms with Gasteiger partial charge in [-0.15, -0.1) is 0 Å². The quantitative estimate of drug-likeness (QED) is 0.777. The molecule has 0 aromatic carbocycles. The predicted octanol–water partition coefficient (Wildman–Crippen LogP) is 1.14. The van der Waals surface area contributed by atoms with Gasteiger partial charge in [-0.2, -0.15) is 5.26 Å². The van der Waals surface area contributed by atoms with Gasteiger partial charge in [-0.05, 0) is 33.2 Å². The summed E-state index contributed by atoms with van der Waals surface area (Å²) in [5.41, 5.74) is 0. The number of nitrogens with one attached hydrogen (secondary N) is 1. The van der Waals surface area contributed by atoms with Crippen molar-refractivity contribution in [1.82, 2.24) is 10.2 Å². The maximum absolute atomic E-state index is 12.2. The minimum Gasteiger partial charge on any atom is -0.342 e. The van der Waals surface area contributed by atoms with Crippen LogP contribution in [0.5, 0.6) is 0 Å². The average Bonchev–Trinajstić information content (AvgIpc) is 2.29. The van der Waals surface area contributed by atoms with Gasteiger partial charge in [0.2, 0.25) is 5.91 Å². The van der Waals surface area contributed by atoms with Crippen LogP contribution in [0.1, 0.15) is 33.1 Å². The highest BCUT2D eigenvalue weighted by Gasteiger charge is 2.27. The molecule has 0 aliphatic carbocycles. The van der Waals surface area contributed by atoms with Crippen molar-refractivity contribution in [1.29, 1.82) is 5.26 Å². The Balaban J connectivity index is 2.50. The lowest BCUT2D eigenvalue weighted by Crippen LogP contribution is -2.44. The molecule has 4 heteroatoms. The third-order valence-corrected chi connectivity index (χ3v) is 3.16. The third-order valence-electron chi connectivity index (χ3n) is 3.16. The molecule has 2 unspecified atom stereocenters. The largest absolute Gasteiger partial charge is 0.342 e. The van der Waals surface area contributed by atoms with Crippen LogP contribution >= 0.6 is 0 Å². The number of hydrogen-bond donors (Lipinski definition) is 1. The molecule has 0 bridgehead atoms. The number of nitriles is 1. The SMILES string of the molecule is CCN(CCC#N)C(=O)C1CCNC(C)C1. The van der Waals surface area contributed by atoms with Gasteiger partial charge in [0.05, 0.1) is 12.5 Å². The standard InChI is InChI=1S/C12H21N3O/c1-3-15(8-4-6-13)12(16)11-5-7-14-10(2)9-11/h10-11,14H,3-5,7-9H2,1-2H3. The number of carbonyl (C=O) groups is 1. The molecule has 0 aromatic heterocycles. The summed E-state index contributed by atoms with van der Waals surface area (Å²) in [6, 6.07) is 2.52. The molecule has 90 valence electrons. The lowest BCUT2D eigenvalue weighted by Gasteiger charge is -2.31. The summed E-state index contributed by atoms with van der Waals surface area (Å²) in [5.74, 6) is 0.376. The van der Waals surface area contributed by atoms with Gasteiger partial charge in [0.25, 0.3) is 0 Å². The Bertz CT molecular complexity index is 272. The summed E-state index contributed by atoms with van der Waals surface area (Å²) in [6.45, 7) is 6.29. The van der Waals surface area contributed by atoms with Crippen LogP contribution in [-0.4, -0.2) is 36.5 Å². The molecular formula is C12H21N3O. The Morgan fingerprint density at radius 3 is 2.94 bits per heavy atom. The molecule has 0 spiro atoms. The van der Waals surface area contributed by atoms with E-state index < -0.39 is 0 Å². The fourth-order valence-electron chi connectivity index (χ4n) is 2.22. The van der Waals surface area contributed by atoms with Crippen LogP contribution in [0.15, 0.2) is 0 Å². The average molecular weight is 223 g/mol. The lowest BCUT2D eigenvalue weighted by atomic mass is 9.92. The summed E-state index contributed by atoms with van der Waals surface area (Å²) in [5, 5.41) is 11.9. The second-order valence-electron chi connectivity index (χ2n) is 4.40. The van der Waals surface area contributed by atoms with Gasteiger partial charge in [-0.1, -0.05) is 0 Å². The first kappa shape index (κ1) is 13.0. The second-order valence-corrected chi connectivity index (χ2v) is 4.40. The number of piperidine rings is 1. The van der Waals surface area contributed by atoms with Crippen molar-refractivity contribution in [3.05, 3.63) is 0 Å². The van der Waals surface area contributed by atoms with E-state index >= 15 is 0 Å². The minimum absolute atomic E-state index is 0.148. The van der Waals surface area contributed by atoms with E-state index in [-0.39, 0.29) is 11.8 Å². The number of nitrogens with zero attached hydrogens (tertiary/aromatic N) is 2. The molecule has 2 atom stereocenters. The van der Waals surface area contributed by atoms with Gasteiger partial charge in [-0.3, -0.25) is 4.79 Å². The first-order valence-corrected chi connectivity index (χ1v) is 6.08. The highest BCUT2D eigenvalue weighted by atomic mass is 16.2. The Morgan fingerprint density at radius 2 is 2.38 bits per heavy atom. The molecule has 1 aliphatic rings. The summed E-state index contributed by atoms with van der Waals surface area (Å²) in [6.07, 6.45) is 2.27. The topological polar surface area (TPSA) is 56.1 Å². The fourth-order valence-corrected chi connectivity index (χ4v) is 2.22. The molecule has 1 saturated heterocycles. The van der Waals surface area contributed by atoms with Crippen molar-refractivity contribution in [3.63, 3.8) is 0 Å². The highest BCUT2D eigenvalue weighted by Crippen LogP contribution is 2.18. The van der Waals surface area contributed by atoms with Crippen molar-refractivity contribution in [3.8, 4) is 6.07 Å². The molecule has 4 nitrogen and oxygen atoms in total. The van der Waals surface area contributed by atoms with E-state index in [2.05, 4.69) is 18.3 Å². The van der Waals surface area contributed by atoms with Crippen molar-refractivity contribution >= 4 is 5.91 Å². The van der Waals surface area contributed by atoms with Crippen LogP contribution < -0.4 is 5.32 Å². The molecule has 1 heterocycles. The van der Waals surface area contributed by atoms with E-state index in [1.807, 2.05) is 11.8 Å². The molecule has 0 aromatic rings. The van der Waals surface area contributed by atoms with Crippen LogP contribution in [0.3, 0.4) is 0 Å². The molecule has 0 saturated carbocycles. The van der Waals surface area contributed by atoms with E-state index in [0.29, 0.717) is 25.6 Å². The Hall–Kier alpha value is -1.08. The van der Waals surface area contributed by atoms with Gasteiger partial charge in [0, 0.05) is 25.0 Å².